The molecule has 0 radical (unpaired) electrons. The number of methoxy groups -OCH3 is 1. The van der Waals surface area contributed by atoms with Crippen molar-refractivity contribution in [2.45, 2.75) is 20.3 Å². The first-order valence-electron chi connectivity index (χ1n) is 6.29. The summed E-state index contributed by atoms with van der Waals surface area (Å²) >= 11 is 0. The average molecular weight is 258 g/mol. The summed E-state index contributed by atoms with van der Waals surface area (Å²) in [5.41, 5.74) is 3.14. The quantitative estimate of drug-likeness (QED) is 0.791. The van der Waals surface area contributed by atoms with E-state index < -0.39 is 0 Å². The van der Waals surface area contributed by atoms with Gasteiger partial charge in [0.2, 0.25) is 5.78 Å². The fraction of sp³-hybridized carbons (Fsp3) is 0.333. The molecule has 0 bridgehead atoms. The van der Waals surface area contributed by atoms with Crippen molar-refractivity contribution in [1.29, 1.82) is 0 Å². The zero-order valence-corrected chi connectivity index (χ0v) is 11.7. The van der Waals surface area contributed by atoms with Crippen molar-refractivity contribution in [3.63, 3.8) is 0 Å². The molecule has 2 aromatic rings. The number of hydrogen-bond acceptors (Lipinski definition) is 3. The summed E-state index contributed by atoms with van der Waals surface area (Å²) < 4.78 is 6.80. The highest BCUT2D eigenvalue weighted by Crippen LogP contribution is 2.20. The first-order valence-corrected chi connectivity index (χ1v) is 6.29. The zero-order valence-electron chi connectivity index (χ0n) is 11.7. The van der Waals surface area contributed by atoms with Gasteiger partial charge in [-0.2, -0.15) is 5.10 Å². The largest absolute Gasteiger partial charge is 0.497 e. The van der Waals surface area contributed by atoms with Crippen LogP contribution in [0.4, 0.5) is 0 Å². The monoisotopic (exact) mass is 258 g/mol. The fourth-order valence-electron chi connectivity index (χ4n) is 2.07. The Bertz CT molecular complexity index is 615. The van der Waals surface area contributed by atoms with Crippen molar-refractivity contribution in [3.8, 4) is 5.75 Å². The van der Waals surface area contributed by atoms with Gasteiger partial charge in [-0.3, -0.25) is 9.48 Å². The molecule has 4 nitrogen and oxygen atoms in total. The second kappa shape index (κ2) is 5.26. The second-order valence-electron chi connectivity index (χ2n) is 4.51. The Morgan fingerprint density at radius 3 is 2.63 bits per heavy atom. The van der Waals surface area contributed by atoms with Crippen LogP contribution in [-0.4, -0.2) is 22.7 Å². The molecule has 100 valence electrons. The number of hydrogen-bond donors (Lipinski definition) is 0. The van der Waals surface area contributed by atoms with E-state index in [0.29, 0.717) is 11.3 Å². The summed E-state index contributed by atoms with van der Waals surface area (Å²) in [4.78, 5) is 12.5. The van der Waals surface area contributed by atoms with Crippen LogP contribution in [0.5, 0.6) is 5.75 Å². The van der Waals surface area contributed by atoms with E-state index in [0.717, 1.165) is 23.4 Å². The topological polar surface area (TPSA) is 44.1 Å². The van der Waals surface area contributed by atoms with Crippen molar-refractivity contribution < 1.29 is 9.53 Å². The van der Waals surface area contributed by atoms with Gasteiger partial charge in [0.1, 0.15) is 11.4 Å². The average Bonchev–Trinajstić information content (AvgIpc) is 2.79. The zero-order chi connectivity index (χ0) is 14.0. The van der Waals surface area contributed by atoms with Crippen molar-refractivity contribution >= 4 is 5.78 Å². The number of ether oxygens (including phenoxy) is 1. The molecule has 19 heavy (non-hydrogen) atoms. The predicted octanol–water partition coefficient (Wildman–Crippen LogP) is 2.53. The minimum absolute atomic E-state index is 0.00477. The molecular weight excluding hydrogens is 240 g/mol. The van der Waals surface area contributed by atoms with E-state index in [1.54, 1.807) is 31.0 Å². The van der Waals surface area contributed by atoms with Crippen LogP contribution in [0.15, 0.2) is 24.3 Å². The van der Waals surface area contributed by atoms with E-state index in [1.165, 1.54) is 0 Å². The Hall–Kier alpha value is -2.10. The minimum atomic E-state index is -0.00477. The molecule has 0 aliphatic heterocycles. The molecule has 2 rings (SSSR count). The number of nitrogens with zero attached hydrogens (tertiary/aromatic N) is 2. The van der Waals surface area contributed by atoms with Gasteiger partial charge in [-0.05, 0) is 43.2 Å². The maximum Gasteiger partial charge on any atom is 0.211 e. The van der Waals surface area contributed by atoms with E-state index in [2.05, 4.69) is 5.10 Å². The van der Waals surface area contributed by atoms with E-state index in [-0.39, 0.29) is 5.78 Å². The van der Waals surface area contributed by atoms with E-state index >= 15 is 0 Å². The predicted molar refractivity (Wildman–Crippen MR) is 73.7 cm³/mol. The molecule has 0 aliphatic rings. The fourth-order valence-corrected chi connectivity index (χ4v) is 2.07. The van der Waals surface area contributed by atoms with Crippen molar-refractivity contribution in [2.24, 2.45) is 7.05 Å². The second-order valence-corrected chi connectivity index (χ2v) is 4.51. The van der Waals surface area contributed by atoms with E-state index in [9.17, 15) is 4.79 Å². The first-order chi connectivity index (χ1) is 9.06. The van der Waals surface area contributed by atoms with Crippen molar-refractivity contribution in [3.05, 3.63) is 46.8 Å². The molecule has 0 N–H and O–H groups in total. The summed E-state index contributed by atoms with van der Waals surface area (Å²) in [7, 11) is 3.41. The van der Waals surface area contributed by atoms with Crippen LogP contribution < -0.4 is 4.74 Å². The third-order valence-corrected chi connectivity index (χ3v) is 3.20. The summed E-state index contributed by atoms with van der Waals surface area (Å²) in [6, 6.07) is 7.32. The van der Waals surface area contributed by atoms with Gasteiger partial charge in [0.25, 0.3) is 0 Å². The summed E-state index contributed by atoms with van der Waals surface area (Å²) in [6.45, 7) is 3.93. The smallest absolute Gasteiger partial charge is 0.211 e. The normalized spacial score (nSPS) is 10.5. The molecule has 0 spiro atoms. The molecule has 4 heteroatoms. The van der Waals surface area contributed by atoms with Crippen LogP contribution in [0.3, 0.4) is 0 Å². The maximum absolute atomic E-state index is 12.5. The molecule has 1 aromatic carbocycles. The molecule has 0 saturated carbocycles. The first kappa shape index (κ1) is 13.3. The lowest BCUT2D eigenvalue weighted by Crippen LogP contribution is -2.09. The van der Waals surface area contributed by atoms with Crippen LogP contribution in [0.25, 0.3) is 0 Å². The highest BCUT2D eigenvalue weighted by molar-refractivity contribution is 6.08. The Morgan fingerprint density at radius 1 is 1.37 bits per heavy atom. The number of rotatable bonds is 4. The summed E-state index contributed by atoms with van der Waals surface area (Å²) in [5.74, 6) is 0.753. The van der Waals surface area contributed by atoms with Gasteiger partial charge in [0.05, 0.1) is 12.8 Å². The lowest BCUT2D eigenvalue weighted by molar-refractivity contribution is 0.102. The molecule has 1 aromatic heterocycles. The molecule has 0 atom stereocenters. The number of aromatic nitrogens is 2. The summed E-state index contributed by atoms with van der Waals surface area (Å²) in [6.07, 6.45) is 0.822. The Labute approximate surface area is 113 Å². The van der Waals surface area contributed by atoms with E-state index in [4.69, 9.17) is 4.74 Å². The van der Waals surface area contributed by atoms with Crippen LogP contribution in [-0.2, 0) is 13.5 Å². The molecule has 1 heterocycles. The number of ketones is 1. The lowest BCUT2D eigenvalue weighted by Gasteiger charge is -2.07. The Balaban J connectivity index is 2.41. The standard InChI is InChI=1S/C15H18N2O2/c1-5-11-9-14(17(3)16-11)15(18)13-7-6-12(19-4)8-10(13)2/h6-9H,5H2,1-4H3. The maximum atomic E-state index is 12.5. The Morgan fingerprint density at radius 2 is 2.11 bits per heavy atom. The molecule has 0 amide bonds. The van der Waals surface area contributed by atoms with Crippen molar-refractivity contribution in [1.82, 2.24) is 9.78 Å². The SMILES string of the molecule is CCc1cc(C(=O)c2ccc(OC)cc2C)n(C)n1. The van der Waals surface area contributed by atoms with Gasteiger partial charge in [0.15, 0.2) is 0 Å². The van der Waals surface area contributed by atoms with Crippen LogP contribution in [0, 0.1) is 6.92 Å². The number of aryl methyl sites for hydroxylation is 3. The highest BCUT2D eigenvalue weighted by atomic mass is 16.5. The van der Waals surface area contributed by atoms with Crippen LogP contribution >= 0.6 is 0 Å². The highest BCUT2D eigenvalue weighted by Gasteiger charge is 2.17. The number of carbonyl (C=O) groups is 1. The van der Waals surface area contributed by atoms with Gasteiger partial charge >= 0.3 is 0 Å². The molecule has 0 aliphatic carbocycles. The lowest BCUT2D eigenvalue weighted by atomic mass is 10.0. The van der Waals surface area contributed by atoms with Gasteiger partial charge in [-0.1, -0.05) is 6.92 Å². The van der Waals surface area contributed by atoms with Gasteiger partial charge in [-0.25, -0.2) is 0 Å². The molecule has 0 saturated heterocycles. The van der Waals surface area contributed by atoms with Crippen molar-refractivity contribution in [2.75, 3.05) is 7.11 Å². The minimum Gasteiger partial charge on any atom is -0.497 e. The van der Waals surface area contributed by atoms with Gasteiger partial charge < -0.3 is 4.74 Å². The Kier molecular flexibility index (Phi) is 3.69. The van der Waals surface area contributed by atoms with E-state index in [1.807, 2.05) is 26.0 Å². The molecule has 0 fully saturated rings. The van der Waals surface area contributed by atoms with Crippen LogP contribution in [0.1, 0.15) is 34.2 Å². The number of benzene rings is 1. The summed E-state index contributed by atoms with van der Waals surface area (Å²) in [5, 5.41) is 4.31. The van der Waals surface area contributed by atoms with Crippen LogP contribution in [0.2, 0.25) is 0 Å². The third-order valence-electron chi connectivity index (χ3n) is 3.20. The molecule has 0 unspecified atom stereocenters. The van der Waals surface area contributed by atoms with Gasteiger partial charge in [-0.15, -0.1) is 0 Å². The van der Waals surface area contributed by atoms with Gasteiger partial charge in [0, 0.05) is 12.6 Å². The third kappa shape index (κ3) is 2.52. The number of carbonyl (C=O) groups excluding carboxylic acids is 1. The molecular formula is C15H18N2O2.